The number of unbranched alkanes of at least 4 members (excludes halogenated alkanes) is 1. The fraction of sp³-hybridized carbons (Fsp3) is 0.800. The monoisotopic (exact) mass is 234 g/mol. The second kappa shape index (κ2) is 8.59. The normalized spacial score (nSPS) is 11.9. The van der Waals surface area contributed by atoms with Crippen molar-refractivity contribution in [1.29, 1.82) is 0 Å². The molecule has 0 bridgehead atoms. The van der Waals surface area contributed by atoms with Crippen molar-refractivity contribution in [2.75, 3.05) is 20.0 Å². The van der Waals surface area contributed by atoms with Gasteiger partial charge in [-0.25, -0.2) is 0 Å². The van der Waals surface area contributed by atoms with E-state index in [1.165, 1.54) is 26.0 Å². The van der Waals surface area contributed by atoms with Crippen LogP contribution in [0.5, 0.6) is 0 Å². The molecule has 0 spiro atoms. The van der Waals surface area contributed by atoms with Crippen LogP contribution in [0.3, 0.4) is 0 Å². The molecule has 4 nitrogen and oxygen atoms in total. The maximum atomic E-state index is 11.3. The van der Waals surface area contributed by atoms with Crippen LogP contribution >= 0.6 is 11.8 Å². The minimum absolute atomic E-state index is 0.194. The Balaban J connectivity index is 4.00. The third kappa shape index (κ3) is 6.38. The minimum Gasteiger partial charge on any atom is -0.468 e. The molecule has 0 aromatic rings. The van der Waals surface area contributed by atoms with E-state index in [1.54, 1.807) is 0 Å². The highest BCUT2D eigenvalue weighted by Gasteiger charge is 2.20. The number of hydrogen-bond acceptors (Lipinski definition) is 5. The van der Waals surface area contributed by atoms with Crippen molar-refractivity contribution in [3.8, 4) is 0 Å². The molecule has 88 valence electrons. The molecule has 0 heterocycles. The van der Waals surface area contributed by atoms with Crippen molar-refractivity contribution in [2.24, 2.45) is 0 Å². The first-order valence-corrected chi connectivity index (χ1v) is 5.96. The standard InChI is InChI=1S/C10H18O4S/c1-4-5-6-8(10(12)14-3)15-7-9(11)13-2/h8H,4-7H2,1-3H3. The fourth-order valence-electron chi connectivity index (χ4n) is 1.02. The third-order valence-electron chi connectivity index (χ3n) is 1.91. The smallest absolute Gasteiger partial charge is 0.318 e. The van der Waals surface area contributed by atoms with Crippen LogP contribution in [0.25, 0.3) is 0 Å². The Kier molecular flexibility index (Phi) is 8.18. The van der Waals surface area contributed by atoms with Gasteiger partial charge in [0.1, 0.15) is 5.25 Å². The summed E-state index contributed by atoms with van der Waals surface area (Å²) < 4.78 is 9.17. The Hall–Kier alpha value is -0.710. The molecule has 1 unspecified atom stereocenters. The van der Waals surface area contributed by atoms with Crippen LogP contribution < -0.4 is 0 Å². The van der Waals surface area contributed by atoms with E-state index in [0.717, 1.165) is 19.3 Å². The van der Waals surface area contributed by atoms with Gasteiger partial charge in [0, 0.05) is 0 Å². The SMILES string of the molecule is CCCCC(SCC(=O)OC)C(=O)OC. The van der Waals surface area contributed by atoms with Crippen molar-refractivity contribution in [2.45, 2.75) is 31.4 Å². The molecule has 0 fully saturated rings. The van der Waals surface area contributed by atoms with Crippen LogP contribution in [0.4, 0.5) is 0 Å². The van der Waals surface area contributed by atoms with E-state index in [4.69, 9.17) is 0 Å². The summed E-state index contributed by atoms with van der Waals surface area (Å²) in [5.74, 6) is -0.386. The van der Waals surface area contributed by atoms with Crippen LogP contribution in [0.15, 0.2) is 0 Å². The number of esters is 2. The summed E-state index contributed by atoms with van der Waals surface area (Å²) in [5, 5.41) is -0.256. The molecule has 5 heteroatoms. The summed E-state index contributed by atoms with van der Waals surface area (Å²) in [7, 11) is 2.70. The van der Waals surface area contributed by atoms with Gasteiger partial charge in [0.15, 0.2) is 0 Å². The number of methoxy groups -OCH3 is 2. The highest BCUT2D eigenvalue weighted by molar-refractivity contribution is 8.01. The number of hydrogen-bond donors (Lipinski definition) is 0. The van der Waals surface area contributed by atoms with Gasteiger partial charge in [-0.15, -0.1) is 11.8 Å². The molecule has 1 atom stereocenters. The molecular weight excluding hydrogens is 216 g/mol. The molecule has 0 saturated carbocycles. The van der Waals surface area contributed by atoms with E-state index in [-0.39, 0.29) is 22.9 Å². The maximum absolute atomic E-state index is 11.3. The molecule has 0 rings (SSSR count). The van der Waals surface area contributed by atoms with Gasteiger partial charge in [0.05, 0.1) is 20.0 Å². The van der Waals surface area contributed by atoms with Gasteiger partial charge in [-0.1, -0.05) is 19.8 Å². The minimum atomic E-state index is -0.314. The summed E-state index contributed by atoms with van der Waals surface area (Å²) in [6.07, 6.45) is 2.71. The Morgan fingerprint density at radius 3 is 2.40 bits per heavy atom. The first-order chi connectivity index (χ1) is 7.15. The first kappa shape index (κ1) is 14.3. The van der Waals surface area contributed by atoms with Gasteiger partial charge < -0.3 is 9.47 Å². The van der Waals surface area contributed by atoms with Gasteiger partial charge in [-0.2, -0.15) is 0 Å². The maximum Gasteiger partial charge on any atom is 0.318 e. The zero-order valence-electron chi connectivity index (χ0n) is 9.45. The van der Waals surface area contributed by atoms with E-state index < -0.39 is 0 Å². The average Bonchev–Trinajstić information content (AvgIpc) is 2.27. The zero-order valence-corrected chi connectivity index (χ0v) is 10.3. The van der Waals surface area contributed by atoms with Gasteiger partial charge in [-0.3, -0.25) is 9.59 Å². The van der Waals surface area contributed by atoms with E-state index in [9.17, 15) is 9.59 Å². The molecule has 0 amide bonds. The molecule has 15 heavy (non-hydrogen) atoms. The van der Waals surface area contributed by atoms with E-state index in [0.29, 0.717) is 0 Å². The summed E-state index contributed by atoms with van der Waals surface area (Å²) in [5.41, 5.74) is 0. The summed E-state index contributed by atoms with van der Waals surface area (Å²) >= 11 is 1.28. The highest BCUT2D eigenvalue weighted by atomic mass is 32.2. The fourth-order valence-corrected chi connectivity index (χ4v) is 2.04. The largest absolute Gasteiger partial charge is 0.468 e. The van der Waals surface area contributed by atoms with Crippen LogP contribution in [-0.4, -0.2) is 37.2 Å². The molecule has 0 aliphatic heterocycles. The van der Waals surface area contributed by atoms with E-state index in [1.807, 2.05) is 0 Å². The summed E-state index contributed by atoms with van der Waals surface area (Å²) in [6, 6.07) is 0. The molecule has 0 aliphatic rings. The number of rotatable bonds is 7. The van der Waals surface area contributed by atoms with Crippen molar-refractivity contribution in [3.63, 3.8) is 0 Å². The van der Waals surface area contributed by atoms with Crippen molar-refractivity contribution < 1.29 is 19.1 Å². The third-order valence-corrected chi connectivity index (χ3v) is 3.15. The van der Waals surface area contributed by atoms with Gasteiger partial charge in [0.25, 0.3) is 0 Å². The zero-order chi connectivity index (χ0) is 11.7. The number of thioether (sulfide) groups is 1. The Labute approximate surface area is 94.7 Å². The summed E-state index contributed by atoms with van der Waals surface area (Å²) in [6.45, 7) is 2.05. The quantitative estimate of drug-likeness (QED) is 0.627. The highest BCUT2D eigenvalue weighted by Crippen LogP contribution is 2.18. The second-order valence-electron chi connectivity index (χ2n) is 3.04. The predicted octanol–water partition coefficient (Wildman–Crippen LogP) is 1.62. The average molecular weight is 234 g/mol. The lowest BCUT2D eigenvalue weighted by molar-refractivity contribution is -0.140. The molecule has 0 aromatic carbocycles. The van der Waals surface area contributed by atoms with Gasteiger partial charge >= 0.3 is 11.9 Å². The topological polar surface area (TPSA) is 52.6 Å². The van der Waals surface area contributed by atoms with Crippen molar-refractivity contribution in [3.05, 3.63) is 0 Å². The molecule has 0 N–H and O–H groups in total. The molecule has 0 radical (unpaired) electrons. The van der Waals surface area contributed by atoms with Crippen molar-refractivity contribution in [1.82, 2.24) is 0 Å². The summed E-state index contributed by atoms with van der Waals surface area (Å²) in [4.78, 5) is 22.2. The lowest BCUT2D eigenvalue weighted by Gasteiger charge is -2.12. The number of carbonyl (C=O) groups excluding carboxylic acids is 2. The van der Waals surface area contributed by atoms with Crippen LogP contribution in [0.1, 0.15) is 26.2 Å². The van der Waals surface area contributed by atoms with Gasteiger partial charge in [0.2, 0.25) is 0 Å². The lowest BCUT2D eigenvalue weighted by atomic mass is 10.2. The first-order valence-electron chi connectivity index (χ1n) is 4.91. The molecule has 0 saturated heterocycles. The van der Waals surface area contributed by atoms with E-state index in [2.05, 4.69) is 16.4 Å². The second-order valence-corrected chi connectivity index (χ2v) is 4.23. The predicted molar refractivity (Wildman–Crippen MR) is 59.8 cm³/mol. The molecular formula is C10H18O4S. The number of ether oxygens (including phenoxy) is 2. The van der Waals surface area contributed by atoms with E-state index >= 15 is 0 Å². The molecule has 0 aliphatic carbocycles. The Bertz CT molecular complexity index is 206. The Morgan fingerprint density at radius 1 is 1.27 bits per heavy atom. The Morgan fingerprint density at radius 2 is 1.93 bits per heavy atom. The molecule has 0 aromatic heterocycles. The number of carbonyl (C=O) groups is 2. The van der Waals surface area contributed by atoms with Gasteiger partial charge in [-0.05, 0) is 6.42 Å². The lowest BCUT2D eigenvalue weighted by Crippen LogP contribution is -2.21. The van der Waals surface area contributed by atoms with Crippen LogP contribution in [0.2, 0.25) is 0 Å². The van der Waals surface area contributed by atoms with Crippen molar-refractivity contribution >= 4 is 23.7 Å². The van der Waals surface area contributed by atoms with Crippen LogP contribution in [0, 0.1) is 0 Å². The van der Waals surface area contributed by atoms with Crippen LogP contribution in [-0.2, 0) is 19.1 Å².